The van der Waals surface area contributed by atoms with Crippen LogP contribution in [0.15, 0.2) is 24.3 Å². The van der Waals surface area contributed by atoms with Gasteiger partial charge in [-0.25, -0.2) is 0 Å². The lowest BCUT2D eigenvalue weighted by Crippen LogP contribution is -2.52. The van der Waals surface area contributed by atoms with Gasteiger partial charge >= 0.3 is 0 Å². The number of benzene rings is 1. The van der Waals surface area contributed by atoms with Crippen LogP contribution in [0.4, 0.5) is 0 Å². The molecule has 2 N–H and O–H groups in total. The zero-order chi connectivity index (χ0) is 19.4. The molecule has 1 unspecified atom stereocenters. The normalized spacial score (nSPS) is 18.3. The molecule has 2 heterocycles. The smallest absolute Gasteiger partial charge is 0.262 e. The number of amides is 4. The Morgan fingerprint density at radius 3 is 2.33 bits per heavy atom. The molecule has 0 bridgehead atoms. The Morgan fingerprint density at radius 2 is 1.78 bits per heavy atom. The number of thioether (sulfide) groups is 1. The summed E-state index contributed by atoms with van der Waals surface area (Å²) in [5.74, 6) is -1.50. The van der Waals surface area contributed by atoms with Crippen molar-refractivity contribution in [3.05, 3.63) is 35.4 Å². The molecule has 0 aliphatic carbocycles. The van der Waals surface area contributed by atoms with Gasteiger partial charge in [0.2, 0.25) is 11.8 Å². The highest BCUT2D eigenvalue weighted by Gasteiger charge is 2.42. The molecule has 1 aromatic rings. The number of hydrogen-bond donors (Lipinski definition) is 2. The molecule has 2 aliphatic heterocycles. The predicted octanol–water partition coefficient (Wildman–Crippen LogP) is 1.05. The van der Waals surface area contributed by atoms with E-state index in [-0.39, 0.29) is 11.8 Å². The predicted molar refractivity (Wildman–Crippen MR) is 102 cm³/mol. The van der Waals surface area contributed by atoms with Crippen LogP contribution in [0.25, 0.3) is 0 Å². The summed E-state index contributed by atoms with van der Waals surface area (Å²) in [6.07, 6.45) is 3.53. The molecule has 0 aromatic heterocycles. The van der Waals surface area contributed by atoms with Gasteiger partial charge in [-0.05, 0) is 56.5 Å². The van der Waals surface area contributed by atoms with Gasteiger partial charge in [-0.2, -0.15) is 11.8 Å². The maximum absolute atomic E-state index is 12.8. The average molecular weight is 389 g/mol. The van der Waals surface area contributed by atoms with Crippen LogP contribution < -0.4 is 10.6 Å². The maximum atomic E-state index is 12.8. The van der Waals surface area contributed by atoms with Gasteiger partial charge in [0.1, 0.15) is 6.04 Å². The Balaban J connectivity index is 1.77. The zero-order valence-corrected chi connectivity index (χ0v) is 16.0. The van der Waals surface area contributed by atoms with Crippen molar-refractivity contribution in [1.29, 1.82) is 0 Å². The first-order valence-corrected chi connectivity index (χ1v) is 10.4. The van der Waals surface area contributed by atoms with Gasteiger partial charge in [-0.1, -0.05) is 12.1 Å². The Labute approximate surface area is 162 Å². The van der Waals surface area contributed by atoms with Crippen LogP contribution in [-0.4, -0.2) is 59.7 Å². The lowest BCUT2D eigenvalue weighted by Gasteiger charge is -2.26. The first-order valence-electron chi connectivity index (χ1n) is 9.06. The summed E-state index contributed by atoms with van der Waals surface area (Å²) in [6.45, 7) is 1.47. The number of hydrogen-bond acceptors (Lipinski definition) is 6. The summed E-state index contributed by atoms with van der Waals surface area (Å²) in [6, 6.07) is 5.55. The Bertz CT molecular complexity index is 726. The quantitative estimate of drug-likeness (QED) is 0.706. The van der Waals surface area contributed by atoms with Crippen LogP contribution in [-0.2, 0) is 9.59 Å². The first-order chi connectivity index (χ1) is 13.0. The summed E-state index contributed by atoms with van der Waals surface area (Å²) in [5.41, 5.74) is 0.600. The number of nitrogens with one attached hydrogen (secondary N) is 2. The van der Waals surface area contributed by atoms with Crippen molar-refractivity contribution in [1.82, 2.24) is 15.5 Å². The number of carbonyl (C=O) groups is 4. The fraction of sp³-hybridized carbons (Fsp3) is 0.474. The van der Waals surface area contributed by atoms with Gasteiger partial charge in [-0.3, -0.25) is 29.4 Å². The second-order valence-corrected chi connectivity index (χ2v) is 7.69. The lowest BCUT2D eigenvalue weighted by atomic mass is 9.97. The van der Waals surface area contributed by atoms with E-state index in [4.69, 9.17) is 0 Å². The van der Waals surface area contributed by atoms with E-state index >= 15 is 0 Å². The minimum atomic E-state index is -0.990. The van der Waals surface area contributed by atoms with Gasteiger partial charge in [0.25, 0.3) is 11.8 Å². The molecule has 27 heavy (non-hydrogen) atoms. The third-order valence-corrected chi connectivity index (χ3v) is 5.64. The molecule has 1 atom stereocenters. The van der Waals surface area contributed by atoms with Crippen LogP contribution in [0.3, 0.4) is 0 Å². The van der Waals surface area contributed by atoms with E-state index < -0.39 is 23.8 Å². The van der Waals surface area contributed by atoms with E-state index in [2.05, 4.69) is 10.6 Å². The van der Waals surface area contributed by atoms with Gasteiger partial charge < -0.3 is 5.32 Å². The van der Waals surface area contributed by atoms with Gasteiger partial charge in [0.05, 0.1) is 11.1 Å². The van der Waals surface area contributed by atoms with E-state index in [1.54, 1.807) is 24.3 Å². The van der Waals surface area contributed by atoms with Gasteiger partial charge in [0.15, 0.2) is 0 Å². The Morgan fingerprint density at radius 1 is 1.19 bits per heavy atom. The van der Waals surface area contributed by atoms with Crippen molar-refractivity contribution in [2.45, 2.75) is 25.3 Å². The minimum Gasteiger partial charge on any atom is -0.317 e. The average Bonchev–Trinajstić information content (AvgIpc) is 2.94. The fourth-order valence-electron chi connectivity index (χ4n) is 3.49. The molecule has 1 aromatic carbocycles. The number of piperidine rings is 1. The summed E-state index contributed by atoms with van der Waals surface area (Å²) in [5, 5.41) is 5.62. The fourth-order valence-corrected chi connectivity index (χ4v) is 3.95. The van der Waals surface area contributed by atoms with E-state index in [1.165, 1.54) is 11.8 Å². The molecular weight excluding hydrogens is 366 g/mol. The minimum absolute atomic E-state index is 0.224. The molecular formula is C19H23N3O4S. The summed E-state index contributed by atoms with van der Waals surface area (Å²) in [7, 11) is 0. The zero-order valence-electron chi connectivity index (χ0n) is 15.2. The summed E-state index contributed by atoms with van der Waals surface area (Å²) >= 11 is 1.52. The molecule has 0 spiro atoms. The number of imide groups is 2. The second-order valence-electron chi connectivity index (χ2n) is 6.70. The molecule has 3 rings (SSSR count). The molecule has 7 nitrogen and oxygen atoms in total. The monoisotopic (exact) mass is 389 g/mol. The van der Waals surface area contributed by atoms with Crippen LogP contribution in [0.2, 0.25) is 0 Å². The third kappa shape index (κ3) is 4.06. The summed E-state index contributed by atoms with van der Waals surface area (Å²) in [4.78, 5) is 51.7. The van der Waals surface area contributed by atoms with E-state index in [0.717, 1.165) is 18.0 Å². The van der Waals surface area contributed by atoms with Crippen molar-refractivity contribution in [3.8, 4) is 0 Å². The second kappa shape index (κ2) is 8.67. The van der Waals surface area contributed by atoms with Gasteiger partial charge in [-0.15, -0.1) is 0 Å². The molecule has 1 saturated heterocycles. The standard InChI is InChI=1S/C19H23N3O4S/c1-27-11-8-15(17(24)21-16(23)12-6-9-20-10-7-12)22-18(25)13-4-2-3-5-14(13)19(22)26/h2-5,12,15,20H,6-11H2,1H3,(H,21,23,24). The van der Waals surface area contributed by atoms with E-state index in [1.807, 2.05) is 6.26 Å². The SMILES string of the molecule is CSCCC(C(=O)NC(=O)C1CCNCC1)N1C(=O)c2ccccc2C1=O. The van der Waals surface area contributed by atoms with Crippen molar-refractivity contribution >= 4 is 35.4 Å². The molecule has 144 valence electrons. The van der Waals surface area contributed by atoms with Crippen LogP contribution in [0, 0.1) is 5.92 Å². The summed E-state index contributed by atoms with van der Waals surface area (Å²) < 4.78 is 0. The number of fused-ring (bicyclic) bond motifs is 1. The Kier molecular flexibility index (Phi) is 6.28. The topological polar surface area (TPSA) is 95.6 Å². The van der Waals surface area contributed by atoms with Crippen molar-refractivity contribution in [2.24, 2.45) is 5.92 Å². The molecule has 0 radical (unpaired) electrons. The highest BCUT2D eigenvalue weighted by Crippen LogP contribution is 2.26. The molecule has 4 amide bonds. The highest BCUT2D eigenvalue weighted by atomic mass is 32.2. The number of carbonyl (C=O) groups excluding carboxylic acids is 4. The van der Waals surface area contributed by atoms with Gasteiger partial charge in [0, 0.05) is 5.92 Å². The van der Waals surface area contributed by atoms with E-state index in [9.17, 15) is 19.2 Å². The number of rotatable bonds is 6. The largest absolute Gasteiger partial charge is 0.317 e. The molecule has 1 fully saturated rings. The first kappa shape index (κ1) is 19.6. The highest BCUT2D eigenvalue weighted by molar-refractivity contribution is 7.98. The maximum Gasteiger partial charge on any atom is 0.262 e. The van der Waals surface area contributed by atoms with Crippen molar-refractivity contribution in [2.75, 3.05) is 25.1 Å². The van der Waals surface area contributed by atoms with Crippen LogP contribution >= 0.6 is 11.8 Å². The Hall–Kier alpha value is -2.19. The van der Waals surface area contributed by atoms with Crippen molar-refractivity contribution < 1.29 is 19.2 Å². The van der Waals surface area contributed by atoms with Crippen LogP contribution in [0.5, 0.6) is 0 Å². The number of nitrogens with zero attached hydrogens (tertiary/aromatic N) is 1. The molecule has 0 saturated carbocycles. The van der Waals surface area contributed by atoms with Crippen LogP contribution in [0.1, 0.15) is 40.0 Å². The van der Waals surface area contributed by atoms with E-state index in [0.29, 0.717) is 36.1 Å². The third-order valence-electron chi connectivity index (χ3n) is 4.99. The molecule has 8 heteroatoms. The lowest BCUT2D eigenvalue weighted by molar-refractivity contribution is -0.135. The van der Waals surface area contributed by atoms with Crippen molar-refractivity contribution in [3.63, 3.8) is 0 Å². The molecule has 2 aliphatic rings.